The van der Waals surface area contributed by atoms with Crippen molar-refractivity contribution < 1.29 is 67.9 Å². The number of carbonyl (C=O) groups is 3. The Kier molecular flexibility index (Phi) is 5.04. The Labute approximate surface area is 163 Å². The van der Waals surface area contributed by atoms with Crippen molar-refractivity contribution in [2.75, 3.05) is 6.61 Å². The van der Waals surface area contributed by atoms with Crippen molar-refractivity contribution in [3.05, 3.63) is 0 Å². The van der Waals surface area contributed by atoms with E-state index >= 15 is 0 Å². The van der Waals surface area contributed by atoms with Crippen molar-refractivity contribution in [1.29, 1.82) is 0 Å². The molecule has 3 fully saturated rings. The summed E-state index contributed by atoms with van der Waals surface area (Å²) in [6.45, 7) is -1.81. The van der Waals surface area contributed by atoms with Gasteiger partial charge in [0.05, 0.1) is 5.92 Å². The van der Waals surface area contributed by atoms with Gasteiger partial charge in [0.25, 0.3) is 0 Å². The first kappa shape index (κ1) is 22.6. The van der Waals surface area contributed by atoms with Gasteiger partial charge in [0, 0.05) is 11.8 Å². The van der Waals surface area contributed by atoms with Crippen molar-refractivity contribution in [2.24, 2.45) is 17.8 Å². The number of fused-ring (bicyclic) bond motifs is 1. The van der Waals surface area contributed by atoms with E-state index in [1.807, 2.05) is 0 Å². The Hall–Kier alpha value is -2.10. The highest BCUT2D eigenvalue weighted by Crippen LogP contribution is 2.55. The second-order valence-electron chi connectivity index (χ2n) is 7.09. The number of ether oxygens (including phenoxy) is 3. The molecule has 3 aliphatic rings. The highest BCUT2D eigenvalue weighted by molar-refractivity contribution is 7.88. The van der Waals surface area contributed by atoms with Gasteiger partial charge in [-0.25, -0.2) is 9.59 Å². The van der Waals surface area contributed by atoms with E-state index in [1.165, 1.54) is 0 Å². The summed E-state index contributed by atoms with van der Waals surface area (Å²) in [6.07, 6.45) is -14.8. The average molecular weight is 470 g/mol. The van der Waals surface area contributed by atoms with E-state index in [2.05, 4.69) is 4.74 Å². The Morgan fingerprint density at radius 2 is 1.67 bits per heavy atom. The lowest BCUT2D eigenvalue weighted by molar-refractivity contribution is -0.269. The maximum absolute atomic E-state index is 13.0. The standard InChI is InChI=1S/C14H12F6O9S/c15-13(16,17)12(14(18,19)20,30(24,25)26)11(23)27-3-7(21)28-8-4-1-5-6(2-4)10(22)29-9(5)8/h4-6,8-9H,1-3H2,(H,24,25,26). The first-order valence-electron chi connectivity index (χ1n) is 8.20. The van der Waals surface area contributed by atoms with E-state index in [-0.39, 0.29) is 17.8 Å². The number of carbonyl (C=O) groups excluding carboxylic acids is 3. The number of hydrogen-bond donors (Lipinski definition) is 1. The number of halogens is 6. The predicted octanol–water partition coefficient (Wildman–Crippen LogP) is 0.774. The monoisotopic (exact) mass is 470 g/mol. The molecule has 170 valence electrons. The lowest BCUT2D eigenvalue weighted by atomic mass is 9.88. The van der Waals surface area contributed by atoms with Crippen LogP contribution in [0.25, 0.3) is 0 Å². The van der Waals surface area contributed by atoms with Gasteiger partial charge in [0.15, 0.2) is 6.61 Å². The summed E-state index contributed by atoms with van der Waals surface area (Å²) in [5.41, 5.74) is 0. The topological polar surface area (TPSA) is 133 Å². The molecule has 3 rings (SSSR count). The summed E-state index contributed by atoms with van der Waals surface area (Å²) in [5, 5.41) is 0. The zero-order valence-electron chi connectivity index (χ0n) is 14.4. The van der Waals surface area contributed by atoms with E-state index in [9.17, 15) is 49.1 Å². The number of alkyl halides is 6. The molecule has 30 heavy (non-hydrogen) atoms. The molecule has 5 unspecified atom stereocenters. The third kappa shape index (κ3) is 3.11. The summed E-state index contributed by atoms with van der Waals surface area (Å²) >= 11 is 0. The first-order valence-corrected chi connectivity index (χ1v) is 9.64. The minimum Gasteiger partial charge on any atom is -0.458 e. The van der Waals surface area contributed by atoms with Crippen LogP contribution in [0.3, 0.4) is 0 Å². The van der Waals surface area contributed by atoms with Crippen molar-refractivity contribution >= 4 is 28.0 Å². The van der Waals surface area contributed by atoms with Crippen molar-refractivity contribution in [3.63, 3.8) is 0 Å². The van der Waals surface area contributed by atoms with Crippen molar-refractivity contribution in [3.8, 4) is 0 Å². The maximum Gasteiger partial charge on any atom is 0.430 e. The molecule has 0 radical (unpaired) electrons. The number of rotatable bonds is 5. The molecule has 9 nitrogen and oxygen atoms in total. The molecule has 2 bridgehead atoms. The highest BCUT2D eigenvalue weighted by Gasteiger charge is 2.85. The van der Waals surface area contributed by atoms with Crippen LogP contribution in [0.1, 0.15) is 12.8 Å². The Morgan fingerprint density at radius 1 is 1.10 bits per heavy atom. The first-order chi connectivity index (χ1) is 13.5. The molecular weight excluding hydrogens is 458 g/mol. The number of esters is 3. The van der Waals surface area contributed by atoms with Crippen LogP contribution in [0.5, 0.6) is 0 Å². The zero-order valence-corrected chi connectivity index (χ0v) is 15.2. The third-order valence-electron chi connectivity index (χ3n) is 5.48. The van der Waals surface area contributed by atoms with E-state index < -0.39 is 63.9 Å². The fourth-order valence-corrected chi connectivity index (χ4v) is 5.12. The summed E-state index contributed by atoms with van der Waals surface area (Å²) in [4.78, 5) is 35.0. The molecule has 2 saturated carbocycles. The molecule has 0 spiro atoms. The SMILES string of the molecule is O=C(COC(=O)C(C(F)(F)F)(C(F)(F)F)S(=O)(=O)O)OC1C2CC3C(=O)OC1C3C2. The van der Waals surface area contributed by atoms with Crippen LogP contribution < -0.4 is 0 Å². The smallest absolute Gasteiger partial charge is 0.430 e. The minimum atomic E-state index is -7.17. The van der Waals surface area contributed by atoms with Crippen LogP contribution in [0, 0.1) is 17.8 Å². The minimum absolute atomic E-state index is 0.245. The second-order valence-corrected chi connectivity index (χ2v) is 8.65. The maximum atomic E-state index is 13.0. The van der Waals surface area contributed by atoms with Crippen LogP contribution in [0.4, 0.5) is 26.3 Å². The van der Waals surface area contributed by atoms with Gasteiger partial charge in [0.1, 0.15) is 12.2 Å². The lowest BCUT2D eigenvalue weighted by Crippen LogP contribution is -2.67. The average Bonchev–Trinajstić information content (AvgIpc) is 3.14. The van der Waals surface area contributed by atoms with Crippen LogP contribution >= 0.6 is 0 Å². The van der Waals surface area contributed by atoms with Gasteiger partial charge in [0.2, 0.25) is 0 Å². The van der Waals surface area contributed by atoms with E-state index in [4.69, 9.17) is 14.0 Å². The van der Waals surface area contributed by atoms with Gasteiger partial charge in [-0.05, 0) is 12.8 Å². The van der Waals surface area contributed by atoms with Crippen LogP contribution in [0.2, 0.25) is 0 Å². The molecule has 0 amide bonds. The Morgan fingerprint density at radius 3 is 2.17 bits per heavy atom. The molecule has 1 heterocycles. The summed E-state index contributed by atoms with van der Waals surface area (Å²) in [7, 11) is -7.17. The molecule has 1 aliphatic heterocycles. The summed E-state index contributed by atoms with van der Waals surface area (Å²) in [5.74, 6) is -6.52. The lowest BCUT2D eigenvalue weighted by Gasteiger charge is -2.31. The summed E-state index contributed by atoms with van der Waals surface area (Å²) in [6, 6.07) is 0. The highest BCUT2D eigenvalue weighted by atomic mass is 32.2. The van der Waals surface area contributed by atoms with Gasteiger partial charge in [-0.3, -0.25) is 9.35 Å². The zero-order chi connectivity index (χ0) is 22.9. The normalized spacial score (nSPS) is 30.9. The Bertz CT molecular complexity index is 865. The molecular formula is C14H12F6O9S. The molecule has 16 heteroatoms. The quantitative estimate of drug-likeness (QED) is 0.268. The van der Waals surface area contributed by atoms with Gasteiger partial charge < -0.3 is 14.2 Å². The fraction of sp³-hybridized carbons (Fsp3) is 0.786. The Balaban J connectivity index is 1.72. The molecule has 1 N–H and O–H groups in total. The van der Waals surface area contributed by atoms with Crippen molar-refractivity contribution in [1.82, 2.24) is 0 Å². The van der Waals surface area contributed by atoms with E-state index in [0.717, 1.165) is 0 Å². The van der Waals surface area contributed by atoms with Crippen LogP contribution in [0.15, 0.2) is 0 Å². The largest absolute Gasteiger partial charge is 0.458 e. The molecule has 1 saturated heterocycles. The van der Waals surface area contributed by atoms with Gasteiger partial charge >= 0.3 is 45.1 Å². The van der Waals surface area contributed by atoms with E-state index in [1.54, 1.807) is 0 Å². The summed E-state index contributed by atoms with van der Waals surface area (Å²) < 4.78 is 116. The molecule has 5 atom stereocenters. The molecule has 0 aromatic heterocycles. The predicted molar refractivity (Wildman–Crippen MR) is 76.8 cm³/mol. The number of hydrogen-bond acceptors (Lipinski definition) is 8. The van der Waals surface area contributed by atoms with Gasteiger partial charge in [-0.2, -0.15) is 34.8 Å². The van der Waals surface area contributed by atoms with Crippen molar-refractivity contribution in [2.45, 2.75) is 42.1 Å². The van der Waals surface area contributed by atoms with Crippen LogP contribution in [-0.4, -0.2) is 66.8 Å². The van der Waals surface area contributed by atoms with E-state index in [0.29, 0.717) is 12.8 Å². The molecule has 0 aromatic carbocycles. The van der Waals surface area contributed by atoms with Crippen LogP contribution in [-0.2, 0) is 38.7 Å². The second kappa shape index (κ2) is 6.70. The fourth-order valence-electron chi connectivity index (χ4n) is 4.27. The van der Waals surface area contributed by atoms with Gasteiger partial charge in [-0.15, -0.1) is 0 Å². The molecule has 2 aliphatic carbocycles. The molecule has 0 aromatic rings. The van der Waals surface area contributed by atoms with Gasteiger partial charge in [-0.1, -0.05) is 0 Å². The third-order valence-corrected chi connectivity index (χ3v) is 6.88.